The van der Waals surface area contributed by atoms with Crippen molar-refractivity contribution in [2.24, 2.45) is 5.92 Å². The molecule has 0 aromatic carbocycles. The molecule has 2 N–H and O–H groups in total. The Hall–Kier alpha value is -0.960. The van der Waals surface area contributed by atoms with E-state index in [4.69, 9.17) is 0 Å². The molecule has 2 nitrogen and oxygen atoms in total. The highest BCUT2D eigenvalue weighted by molar-refractivity contribution is 7.10. The van der Waals surface area contributed by atoms with Gasteiger partial charge in [-0.2, -0.15) is 0 Å². The van der Waals surface area contributed by atoms with Crippen LogP contribution in [-0.4, -0.2) is 10.2 Å². The van der Waals surface area contributed by atoms with E-state index >= 15 is 0 Å². The first kappa shape index (κ1) is 15.4. The minimum Gasteiger partial charge on any atom is -0.513 e. The average Bonchev–Trinajstić information content (AvgIpc) is 2.81. The molecule has 1 aromatic heterocycles. The smallest absolute Gasteiger partial charge is 0.133 e. The van der Waals surface area contributed by atoms with Gasteiger partial charge in [-0.25, -0.2) is 0 Å². The molecule has 0 saturated heterocycles. The number of aliphatic hydroxyl groups is 1. The second kappa shape index (κ2) is 5.80. The van der Waals surface area contributed by atoms with E-state index < -0.39 is 0 Å². The van der Waals surface area contributed by atoms with Gasteiger partial charge in [0.05, 0.1) is 5.76 Å². The Balaban J connectivity index is 2.32. The van der Waals surface area contributed by atoms with Crippen molar-refractivity contribution >= 4 is 11.3 Å². The minimum atomic E-state index is 0.0332. The Morgan fingerprint density at radius 3 is 2.60 bits per heavy atom. The van der Waals surface area contributed by atoms with Crippen LogP contribution in [0, 0.1) is 5.92 Å². The summed E-state index contributed by atoms with van der Waals surface area (Å²) in [5, 5.41) is 22.3. The first-order chi connectivity index (χ1) is 9.40. The van der Waals surface area contributed by atoms with Crippen LogP contribution >= 0.6 is 11.3 Å². The van der Waals surface area contributed by atoms with E-state index in [1.807, 2.05) is 6.08 Å². The minimum absolute atomic E-state index is 0.0332. The highest BCUT2D eigenvalue weighted by atomic mass is 32.1. The van der Waals surface area contributed by atoms with E-state index in [-0.39, 0.29) is 5.41 Å². The Labute approximate surface area is 126 Å². The molecule has 2 unspecified atom stereocenters. The number of aliphatic hydroxyl groups excluding tert-OH is 1. The zero-order valence-electron chi connectivity index (χ0n) is 12.9. The molecule has 0 bridgehead atoms. The summed E-state index contributed by atoms with van der Waals surface area (Å²) in [6.45, 7) is 8.89. The summed E-state index contributed by atoms with van der Waals surface area (Å²) in [4.78, 5) is 1.10. The number of rotatable bonds is 4. The maximum Gasteiger partial charge on any atom is 0.133 e. The van der Waals surface area contributed by atoms with Crippen molar-refractivity contribution in [2.75, 3.05) is 0 Å². The number of hydrogen-bond donors (Lipinski definition) is 2. The van der Waals surface area contributed by atoms with E-state index in [0.29, 0.717) is 23.3 Å². The fraction of sp³-hybridized carbons (Fsp3) is 0.647. The van der Waals surface area contributed by atoms with Crippen molar-refractivity contribution in [3.8, 4) is 5.75 Å². The van der Waals surface area contributed by atoms with Crippen LogP contribution in [-0.2, 0) is 5.41 Å². The highest BCUT2D eigenvalue weighted by Crippen LogP contribution is 2.48. The van der Waals surface area contributed by atoms with Crippen molar-refractivity contribution in [1.29, 1.82) is 0 Å². The van der Waals surface area contributed by atoms with Crippen LogP contribution in [0.3, 0.4) is 0 Å². The van der Waals surface area contributed by atoms with Crippen molar-refractivity contribution in [1.82, 2.24) is 0 Å². The number of allylic oxidation sites excluding steroid dienone is 2. The topological polar surface area (TPSA) is 40.5 Å². The predicted octanol–water partition coefficient (Wildman–Crippen LogP) is 5.49. The van der Waals surface area contributed by atoms with Crippen LogP contribution in [0.4, 0.5) is 0 Å². The van der Waals surface area contributed by atoms with E-state index in [2.05, 4.69) is 33.1 Å². The molecule has 0 saturated carbocycles. The summed E-state index contributed by atoms with van der Waals surface area (Å²) < 4.78 is 0. The fourth-order valence-electron chi connectivity index (χ4n) is 3.03. The molecule has 20 heavy (non-hydrogen) atoms. The van der Waals surface area contributed by atoms with E-state index in [0.717, 1.165) is 36.1 Å². The fourth-order valence-corrected chi connectivity index (χ4v) is 4.28. The molecule has 3 heteroatoms. The molecule has 112 valence electrons. The molecule has 1 aliphatic rings. The number of thiophene rings is 1. The predicted molar refractivity (Wildman–Crippen MR) is 85.8 cm³/mol. The van der Waals surface area contributed by atoms with Gasteiger partial charge in [-0.1, -0.05) is 27.7 Å². The summed E-state index contributed by atoms with van der Waals surface area (Å²) in [7, 11) is 0. The van der Waals surface area contributed by atoms with Gasteiger partial charge >= 0.3 is 0 Å². The number of hydrogen-bond acceptors (Lipinski definition) is 3. The summed E-state index contributed by atoms with van der Waals surface area (Å²) in [6.07, 6.45) is 5.42. The van der Waals surface area contributed by atoms with Crippen LogP contribution in [0.2, 0.25) is 0 Å². The van der Waals surface area contributed by atoms with Crippen molar-refractivity contribution in [3.63, 3.8) is 0 Å². The first-order valence-electron chi connectivity index (χ1n) is 7.59. The molecule has 1 heterocycles. The lowest BCUT2D eigenvalue weighted by atomic mass is 9.72. The first-order valence-corrected chi connectivity index (χ1v) is 8.47. The van der Waals surface area contributed by atoms with Crippen LogP contribution in [0.25, 0.3) is 0 Å². The summed E-state index contributed by atoms with van der Waals surface area (Å²) in [5.74, 6) is 1.86. The zero-order valence-corrected chi connectivity index (χ0v) is 13.8. The Bertz CT molecular complexity index is 501. The quantitative estimate of drug-likeness (QED) is 0.771. The van der Waals surface area contributed by atoms with Gasteiger partial charge in [0.25, 0.3) is 0 Å². The van der Waals surface area contributed by atoms with Gasteiger partial charge in [-0.05, 0) is 42.1 Å². The standard InChI is InChI=1S/C17H26O2S/c1-5-17(4,11(2)3)14-10-20-16(15(14)19)12-6-8-13(18)9-7-12/h8,10-12,18-19H,5-7,9H2,1-4H3. The highest BCUT2D eigenvalue weighted by Gasteiger charge is 2.34. The van der Waals surface area contributed by atoms with Crippen LogP contribution in [0.1, 0.15) is 69.7 Å². The van der Waals surface area contributed by atoms with Gasteiger partial charge in [0, 0.05) is 22.8 Å². The maximum absolute atomic E-state index is 10.7. The van der Waals surface area contributed by atoms with Gasteiger partial charge in [0.15, 0.2) is 0 Å². The van der Waals surface area contributed by atoms with E-state index in [1.54, 1.807) is 11.3 Å². The van der Waals surface area contributed by atoms with E-state index in [9.17, 15) is 10.2 Å². The molecular weight excluding hydrogens is 268 g/mol. The summed E-state index contributed by atoms with van der Waals surface area (Å²) >= 11 is 1.68. The van der Waals surface area contributed by atoms with Crippen molar-refractivity contribution < 1.29 is 10.2 Å². The summed E-state index contributed by atoms with van der Waals surface area (Å²) in [5.41, 5.74) is 1.14. The largest absolute Gasteiger partial charge is 0.513 e. The number of aromatic hydroxyl groups is 1. The molecule has 1 aliphatic carbocycles. The molecular formula is C17H26O2S. The molecule has 2 rings (SSSR count). The van der Waals surface area contributed by atoms with Gasteiger partial charge in [-0.15, -0.1) is 11.3 Å². The zero-order chi connectivity index (χ0) is 14.9. The molecule has 0 fully saturated rings. The molecule has 2 atom stereocenters. The van der Waals surface area contributed by atoms with E-state index in [1.165, 1.54) is 0 Å². The van der Waals surface area contributed by atoms with Gasteiger partial charge in [0.1, 0.15) is 5.75 Å². The van der Waals surface area contributed by atoms with Gasteiger partial charge in [0.2, 0.25) is 0 Å². The normalized spacial score (nSPS) is 22.6. The monoisotopic (exact) mass is 294 g/mol. The van der Waals surface area contributed by atoms with Crippen LogP contribution < -0.4 is 0 Å². The molecule has 0 radical (unpaired) electrons. The Morgan fingerprint density at radius 2 is 2.10 bits per heavy atom. The Morgan fingerprint density at radius 1 is 1.40 bits per heavy atom. The average molecular weight is 294 g/mol. The SMILES string of the molecule is CCC(C)(c1csc(C2CC=C(O)CC2)c1O)C(C)C. The lowest BCUT2D eigenvalue weighted by molar-refractivity contribution is 0.312. The van der Waals surface area contributed by atoms with Gasteiger partial charge in [-0.3, -0.25) is 0 Å². The Kier molecular flexibility index (Phi) is 4.48. The van der Waals surface area contributed by atoms with Crippen LogP contribution in [0.5, 0.6) is 5.75 Å². The third-order valence-electron chi connectivity index (χ3n) is 5.17. The summed E-state index contributed by atoms with van der Waals surface area (Å²) in [6, 6.07) is 0. The van der Waals surface area contributed by atoms with Gasteiger partial charge < -0.3 is 10.2 Å². The van der Waals surface area contributed by atoms with Crippen LogP contribution in [0.15, 0.2) is 17.2 Å². The lowest BCUT2D eigenvalue weighted by Crippen LogP contribution is -2.27. The molecule has 0 amide bonds. The van der Waals surface area contributed by atoms with Crippen molar-refractivity contribution in [2.45, 2.75) is 64.7 Å². The molecule has 1 aromatic rings. The van der Waals surface area contributed by atoms with Crippen molar-refractivity contribution in [3.05, 3.63) is 27.7 Å². The third-order valence-corrected chi connectivity index (χ3v) is 6.31. The lowest BCUT2D eigenvalue weighted by Gasteiger charge is -2.32. The third kappa shape index (κ3) is 2.60. The molecule has 0 spiro atoms. The second-order valence-corrected chi connectivity index (χ2v) is 7.37. The molecule has 0 aliphatic heterocycles. The second-order valence-electron chi connectivity index (χ2n) is 6.45. The maximum atomic E-state index is 10.7.